The molecule has 11 aromatic rings. The van der Waals surface area contributed by atoms with E-state index in [1.807, 2.05) is 36.4 Å². The minimum Gasteiger partial charge on any atom is -0.456 e. The smallest absolute Gasteiger partial charge is 0.164 e. The van der Waals surface area contributed by atoms with Crippen molar-refractivity contribution in [2.75, 3.05) is 0 Å². The van der Waals surface area contributed by atoms with E-state index in [0.29, 0.717) is 17.5 Å². The summed E-state index contributed by atoms with van der Waals surface area (Å²) in [6.07, 6.45) is 0. The summed E-state index contributed by atoms with van der Waals surface area (Å²) in [7, 11) is 0. The first-order valence-corrected chi connectivity index (χ1v) is 17.3. The Morgan fingerprint density at radius 2 is 0.808 bits per heavy atom. The fourth-order valence-electron chi connectivity index (χ4n) is 7.61. The second kappa shape index (κ2) is 11.2. The van der Waals surface area contributed by atoms with Crippen molar-refractivity contribution >= 4 is 65.4 Å². The van der Waals surface area contributed by atoms with Crippen molar-refractivity contribution < 1.29 is 8.83 Å². The Morgan fingerprint density at radius 3 is 1.50 bits per heavy atom. The number of furan rings is 2. The highest BCUT2D eigenvalue weighted by molar-refractivity contribution is 6.15. The lowest BCUT2D eigenvalue weighted by Crippen LogP contribution is -2.00. The molecule has 242 valence electrons. The molecule has 0 atom stereocenters. The normalized spacial score (nSPS) is 11.8. The van der Waals surface area contributed by atoms with Crippen LogP contribution in [0.15, 0.2) is 173 Å². The Balaban J connectivity index is 1.11. The predicted molar refractivity (Wildman–Crippen MR) is 211 cm³/mol. The van der Waals surface area contributed by atoms with E-state index in [1.165, 1.54) is 10.8 Å². The zero-order valence-corrected chi connectivity index (χ0v) is 27.7. The molecule has 0 saturated heterocycles. The van der Waals surface area contributed by atoms with Gasteiger partial charge < -0.3 is 8.83 Å². The average Bonchev–Trinajstić information content (AvgIpc) is 3.78. The van der Waals surface area contributed by atoms with Crippen LogP contribution in [0.3, 0.4) is 0 Å². The summed E-state index contributed by atoms with van der Waals surface area (Å²) in [4.78, 5) is 15.4. The molecule has 0 saturated carbocycles. The largest absolute Gasteiger partial charge is 0.456 e. The van der Waals surface area contributed by atoms with Gasteiger partial charge in [0, 0.05) is 38.2 Å². The van der Waals surface area contributed by atoms with E-state index in [2.05, 4.69) is 127 Å². The molecule has 0 N–H and O–H groups in total. The van der Waals surface area contributed by atoms with Crippen LogP contribution in [0.4, 0.5) is 0 Å². The van der Waals surface area contributed by atoms with Gasteiger partial charge in [0.05, 0.1) is 0 Å². The molecule has 0 amide bonds. The summed E-state index contributed by atoms with van der Waals surface area (Å²) in [5.41, 5.74) is 8.22. The number of benzene rings is 8. The second-order valence-corrected chi connectivity index (χ2v) is 13.2. The lowest BCUT2D eigenvalue weighted by molar-refractivity contribution is 0.668. The lowest BCUT2D eigenvalue weighted by Gasteiger charge is -2.10. The quantitative estimate of drug-likeness (QED) is 0.187. The van der Waals surface area contributed by atoms with Crippen LogP contribution in [0, 0.1) is 0 Å². The van der Waals surface area contributed by atoms with Crippen LogP contribution in [0.1, 0.15) is 0 Å². The van der Waals surface area contributed by atoms with Crippen molar-refractivity contribution in [1.29, 1.82) is 0 Å². The maximum absolute atomic E-state index is 6.59. The molecule has 3 heterocycles. The van der Waals surface area contributed by atoms with E-state index in [1.54, 1.807) is 0 Å². The molecular weight excluding hydrogens is 639 g/mol. The number of fused-ring (bicyclic) bond motifs is 8. The number of aromatic nitrogens is 3. The Hall–Kier alpha value is -7.11. The highest BCUT2D eigenvalue weighted by Gasteiger charge is 2.20. The molecule has 11 rings (SSSR count). The first kappa shape index (κ1) is 28.7. The third-order valence-corrected chi connectivity index (χ3v) is 10.1. The van der Waals surface area contributed by atoms with Gasteiger partial charge >= 0.3 is 0 Å². The monoisotopic (exact) mass is 665 g/mol. The third-order valence-electron chi connectivity index (χ3n) is 10.1. The number of hydrogen-bond donors (Lipinski definition) is 0. The van der Waals surface area contributed by atoms with E-state index < -0.39 is 0 Å². The number of hydrogen-bond acceptors (Lipinski definition) is 5. The van der Waals surface area contributed by atoms with Gasteiger partial charge in [-0.1, -0.05) is 121 Å². The van der Waals surface area contributed by atoms with Crippen LogP contribution in [0.2, 0.25) is 0 Å². The van der Waals surface area contributed by atoms with Crippen molar-refractivity contribution in [3.8, 4) is 45.3 Å². The fraction of sp³-hybridized carbons (Fsp3) is 0. The van der Waals surface area contributed by atoms with Gasteiger partial charge in [-0.2, -0.15) is 0 Å². The Bertz CT molecular complexity index is 3110. The van der Waals surface area contributed by atoms with Crippen LogP contribution in [0.25, 0.3) is 111 Å². The molecule has 8 aromatic carbocycles. The molecule has 5 nitrogen and oxygen atoms in total. The molecule has 0 bridgehead atoms. The third kappa shape index (κ3) is 4.53. The molecular formula is C47H27N3O2. The summed E-state index contributed by atoms with van der Waals surface area (Å²) < 4.78 is 12.8. The maximum Gasteiger partial charge on any atom is 0.164 e. The van der Waals surface area contributed by atoms with E-state index in [4.69, 9.17) is 23.8 Å². The molecule has 0 radical (unpaired) electrons. The van der Waals surface area contributed by atoms with Gasteiger partial charge in [0.2, 0.25) is 0 Å². The second-order valence-electron chi connectivity index (χ2n) is 13.2. The van der Waals surface area contributed by atoms with Crippen LogP contribution in [-0.2, 0) is 0 Å². The van der Waals surface area contributed by atoms with E-state index >= 15 is 0 Å². The van der Waals surface area contributed by atoms with Crippen molar-refractivity contribution in [1.82, 2.24) is 15.0 Å². The molecule has 52 heavy (non-hydrogen) atoms. The number of para-hydroxylation sites is 1. The molecule has 5 heteroatoms. The van der Waals surface area contributed by atoms with Crippen molar-refractivity contribution in [2.24, 2.45) is 0 Å². The summed E-state index contributed by atoms with van der Waals surface area (Å²) in [5.74, 6) is 1.83. The zero-order chi connectivity index (χ0) is 34.2. The Morgan fingerprint density at radius 1 is 0.308 bits per heavy atom. The van der Waals surface area contributed by atoms with E-state index in [9.17, 15) is 0 Å². The van der Waals surface area contributed by atoms with Gasteiger partial charge in [-0.15, -0.1) is 0 Å². The molecule has 0 spiro atoms. The average molecular weight is 666 g/mol. The number of rotatable bonds is 4. The lowest BCUT2D eigenvalue weighted by atomic mass is 9.98. The van der Waals surface area contributed by atoms with Gasteiger partial charge in [0.25, 0.3) is 0 Å². The van der Waals surface area contributed by atoms with Crippen LogP contribution >= 0.6 is 0 Å². The minimum atomic E-state index is 0.591. The van der Waals surface area contributed by atoms with Crippen LogP contribution in [0.5, 0.6) is 0 Å². The Kier molecular flexibility index (Phi) is 6.18. The number of nitrogens with zero attached hydrogens (tertiary/aromatic N) is 3. The van der Waals surface area contributed by atoms with Crippen LogP contribution in [-0.4, -0.2) is 15.0 Å². The summed E-state index contributed by atoms with van der Waals surface area (Å²) in [5, 5.41) is 8.76. The van der Waals surface area contributed by atoms with E-state index in [0.717, 1.165) is 82.5 Å². The van der Waals surface area contributed by atoms with Crippen molar-refractivity contribution in [3.05, 3.63) is 164 Å². The molecule has 0 aliphatic heterocycles. The topological polar surface area (TPSA) is 65.0 Å². The first-order valence-electron chi connectivity index (χ1n) is 17.3. The van der Waals surface area contributed by atoms with Gasteiger partial charge in [-0.3, -0.25) is 0 Å². The molecule has 0 unspecified atom stereocenters. The molecule has 3 aromatic heterocycles. The van der Waals surface area contributed by atoms with Gasteiger partial charge in [0.1, 0.15) is 22.3 Å². The summed E-state index contributed by atoms with van der Waals surface area (Å²) in [6.45, 7) is 0. The molecule has 0 aliphatic rings. The molecule has 0 aliphatic carbocycles. The SMILES string of the molecule is c1ccc2cc(-c3nc(-c4ccc5ccccc5c4)nc(-c4cccc5oc6cc(-c7cccc8oc9ccccc9c78)ccc6c45)n3)ccc2c1. The van der Waals surface area contributed by atoms with Gasteiger partial charge in [0.15, 0.2) is 17.5 Å². The van der Waals surface area contributed by atoms with Gasteiger partial charge in [-0.25, -0.2) is 15.0 Å². The van der Waals surface area contributed by atoms with Gasteiger partial charge in [-0.05, 0) is 75.1 Å². The zero-order valence-electron chi connectivity index (χ0n) is 27.7. The van der Waals surface area contributed by atoms with Crippen molar-refractivity contribution in [2.45, 2.75) is 0 Å². The highest BCUT2D eigenvalue weighted by atomic mass is 16.3. The van der Waals surface area contributed by atoms with Crippen LogP contribution < -0.4 is 0 Å². The Labute approximate surface area is 297 Å². The van der Waals surface area contributed by atoms with E-state index in [-0.39, 0.29) is 0 Å². The maximum atomic E-state index is 6.59. The molecule has 0 fully saturated rings. The fourth-order valence-corrected chi connectivity index (χ4v) is 7.61. The van der Waals surface area contributed by atoms with Crippen molar-refractivity contribution in [3.63, 3.8) is 0 Å². The minimum absolute atomic E-state index is 0.591. The standard InChI is InChI=1S/C47H27N3O2/c1-3-11-30-25-33(21-19-28(30)9-1)45-48-46(34-22-20-29-10-2-4-12-31(29)26-34)50-47(49-45)38-15-8-18-41-44(38)37-24-23-32(27-42(37)52-41)35-14-7-17-40-43(35)36-13-5-6-16-39(36)51-40/h1-27H. The highest BCUT2D eigenvalue weighted by Crippen LogP contribution is 2.41. The first-order chi connectivity index (χ1) is 25.7. The predicted octanol–water partition coefficient (Wildman–Crippen LogP) is 12.6. The summed E-state index contributed by atoms with van der Waals surface area (Å²) >= 11 is 0. The summed E-state index contributed by atoms with van der Waals surface area (Å²) in [6, 6.07) is 56.4.